The highest BCUT2D eigenvalue weighted by Crippen LogP contribution is 2.23. The number of ether oxygens (including phenoxy) is 1. The van der Waals surface area contributed by atoms with Crippen molar-refractivity contribution in [2.45, 2.75) is 19.4 Å². The van der Waals surface area contributed by atoms with E-state index in [2.05, 4.69) is 9.88 Å². The zero-order valence-electron chi connectivity index (χ0n) is 15.7. The number of pyridine rings is 1. The lowest BCUT2D eigenvalue weighted by Crippen LogP contribution is -2.38. The molecule has 27 heavy (non-hydrogen) atoms. The fourth-order valence-corrected chi connectivity index (χ4v) is 2.31. The minimum Gasteiger partial charge on any atom is -0.478 e. The van der Waals surface area contributed by atoms with Crippen molar-refractivity contribution in [3.63, 3.8) is 0 Å². The summed E-state index contributed by atoms with van der Waals surface area (Å²) in [5.41, 5.74) is 0.566. The third-order valence-electron chi connectivity index (χ3n) is 3.64. The van der Waals surface area contributed by atoms with Gasteiger partial charge in [0.25, 0.3) is 5.91 Å². The Morgan fingerprint density at radius 3 is 2.48 bits per heavy atom. The first-order chi connectivity index (χ1) is 12.7. The topological polar surface area (TPSA) is 120 Å². The van der Waals surface area contributed by atoms with Crippen LogP contribution in [0.2, 0.25) is 0 Å². The maximum Gasteiger partial charge on any atom is 0.328 e. The summed E-state index contributed by atoms with van der Waals surface area (Å²) in [4.78, 5) is 39.6. The number of hydrogen-bond donors (Lipinski definition) is 2. The van der Waals surface area contributed by atoms with Crippen molar-refractivity contribution in [1.29, 1.82) is 0 Å². The molecule has 1 amide bonds. The Kier molecular flexibility index (Phi) is 8.94. The molecule has 148 valence electrons. The van der Waals surface area contributed by atoms with E-state index in [0.717, 1.165) is 13.0 Å². The molecule has 1 unspecified atom stereocenters. The third kappa shape index (κ3) is 7.87. The maximum absolute atomic E-state index is 12.3. The molecule has 0 saturated carbocycles. The zero-order chi connectivity index (χ0) is 20.4. The van der Waals surface area contributed by atoms with Gasteiger partial charge in [-0.2, -0.15) is 0 Å². The van der Waals surface area contributed by atoms with Gasteiger partial charge in [0.2, 0.25) is 5.88 Å². The number of aromatic nitrogens is 1. The molecule has 9 nitrogen and oxygen atoms in total. The van der Waals surface area contributed by atoms with E-state index in [1.165, 1.54) is 0 Å². The van der Waals surface area contributed by atoms with Crippen molar-refractivity contribution < 1.29 is 29.3 Å². The summed E-state index contributed by atoms with van der Waals surface area (Å²) in [7, 11) is 4.07. The first-order valence-corrected chi connectivity index (χ1v) is 8.44. The van der Waals surface area contributed by atoms with Crippen LogP contribution in [0.5, 0.6) is 5.88 Å². The smallest absolute Gasteiger partial charge is 0.328 e. The summed E-state index contributed by atoms with van der Waals surface area (Å²) in [5.74, 6) is -2.04. The van der Waals surface area contributed by atoms with Crippen LogP contribution in [0.1, 0.15) is 23.7 Å². The van der Waals surface area contributed by atoms with Gasteiger partial charge in [-0.3, -0.25) is 4.79 Å². The molecule has 0 fully saturated rings. The number of amides is 1. The SMILES string of the molecule is CCN1CC(CCN(C)C)Oc2ncccc2C1=O.O=C(O)/C=C/C(=O)O. The third-order valence-corrected chi connectivity index (χ3v) is 3.64. The molecule has 1 aromatic rings. The molecule has 2 N–H and O–H groups in total. The van der Waals surface area contributed by atoms with Crippen LogP contribution >= 0.6 is 0 Å². The molecule has 0 bridgehead atoms. The largest absolute Gasteiger partial charge is 0.478 e. The van der Waals surface area contributed by atoms with E-state index in [9.17, 15) is 14.4 Å². The van der Waals surface area contributed by atoms with Crippen molar-refractivity contribution in [3.8, 4) is 5.88 Å². The number of carbonyl (C=O) groups excluding carboxylic acids is 1. The second kappa shape index (κ2) is 10.9. The van der Waals surface area contributed by atoms with Crippen LogP contribution in [-0.4, -0.2) is 82.7 Å². The molecule has 0 saturated heterocycles. The number of carboxylic acid groups (broad SMARTS) is 2. The first-order valence-electron chi connectivity index (χ1n) is 8.44. The van der Waals surface area contributed by atoms with Crippen molar-refractivity contribution in [2.24, 2.45) is 0 Å². The van der Waals surface area contributed by atoms with Crippen LogP contribution < -0.4 is 4.74 Å². The number of carboxylic acids is 2. The van der Waals surface area contributed by atoms with Crippen molar-refractivity contribution >= 4 is 17.8 Å². The molecular weight excluding hydrogens is 354 g/mol. The molecule has 0 aromatic carbocycles. The van der Waals surface area contributed by atoms with Gasteiger partial charge in [-0.25, -0.2) is 14.6 Å². The van der Waals surface area contributed by atoms with Crippen LogP contribution in [0.4, 0.5) is 0 Å². The van der Waals surface area contributed by atoms with Crippen LogP contribution in [0.15, 0.2) is 30.5 Å². The Morgan fingerprint density at radius 1 is 1.33 bits per heavy atom. The fourth-order valence-electron chi connectivity index (χ4n) is 2.31. The van der Waals surface area contributed by atoms with E-state index in [-0.39, 0.29) is 12.0 Å². The lowest BCUT2D eigenvalue weighted by Gasteiger charge is -2.23. The van der Waals surface area contributed by atoms with Gasteiger partial charge in [-0.15, -0.1) is 0 Å². The van der Waals surface area contributed by atoms with Gasteiger partial charge < -0.3 is 24.7 Å². The number of likely N-dealkylation sites (N-methyl/N-ethyl adjacent to an activating group) is 1. The zero-order valence-corrected chi connectivity index (χ0v) is 15.7. The van der Waals surface area contributed by atoms with Gasteiger partial charge in [0.05, 0.1) is 6.54 Å². The highest BCUT2D eigenvalue weighted by atomic mass is 16.5. The summed E-state index contributed by atoms with van der Waals surface area (Å²) < 4.78 is 5.91. The molecule has 0 spiro atoms. The number of hydrogen-bond acceptors (Lipinski definition) is 6. The lowest BCUT2D eigenvalue weighted by atomic mass is 10.2. The Hall–Kier alpha value is -2.94. The van der Waals surface area contributed by atoms with E-state index in [1.807, 2.05) is 25.9 Å². The van der Waals surface area contributed by atoms with E-state index >= 15 is 0 Å². The summed E-state index contributed by atoms with van der Waals surface area (Å²) in [6, 6.07) is 3.55. The predicted octanol–water partition coefficient (Wildman–Crippen LogP) is 0.968. The predicted molar refractivity (Wildman–Crippen MR) is 97.8 cm³/mol. The van der Waals surface area contributed by atoms with Gasteiger partial charge in [0.15, 0.2) is 0 Å². The first kappa shape index (κ1) is 22.1. The minimum atomic E-state index is -1.26. The fraction of sp³-hybridized carbons (Fsp3) is 0.444. The molecule has 0 aliphatic carbocycles. The molecule has 1 aliphatic heterocycles. The van der Waals surface area contributed by atoms with Gasteiger partial charge in [-0.05, 0) is 39.6 Å². The molecule has 0 radical (unpaired) electrons. The second-order valence-electron chi connectivity index (χ2n) is 6.04. The highest BCUT2D eigenvalue weighted by Gasteiger charge is 2.28. The van der Waals surface area contributed by atoms with E-state index < -0.39 is 11.9 Å². The molecule has 1 aromatic heterocycles. The molecule has 1 atom stereocenters. The van der Waals surface area contributed by atoms with Crippen LogP contribution in [0.3, 0.4) is 0 Å². The second-order valence-corrected chi connectivity index (χ2v) is 6.04. The van der Waals surface area contributed by atoms with Gasteiger partial charge in [0.1, 0.15) is 11.7 Å². The number of nitrogens with zero attached hydrogens (tertiary/aromatic N) is 3. The monoisotopic (exact) mass is 379 g/mol. The van der Waals surface area contributed by atoms with E-state index in [1.54, 1.807) is 18.3 Å². The average Bonchev–Trinajstić information content (AvgIpc) is 2.75. The quantitative estimate of drug-likeness (QED) is 0.702. The number of carbonyl (C=O) groups is 3. The summed E-state index contributed by atoms with van der Waals surface area (Å²) in [6.07, 6.45) is 3.66. The maximum atomic E-state index is 12.3. The standard InChI is InChI=1S/C14H21N3O2.C4H4O4/c1-4-17-10-11(7-9-16(2)3)19-13-12(14(17)18)6-5-8-15-13;5-3(6)1-2-4(7)8/h5-6,8,11H,4,7,9-10H2,1-3H3;1-2H,(H,5,6)(H,7,8)/b;2-1+. The molecule has 1 aliphatic rings. The van der Waals surface area contributed by atoms with Gasteiger partial charge >= 0.3 is 11.9 Å². The minimum absolute atomic E-state index is 0.00227. The number of rotatable bonds is 6. The number of aliphatic carboxylic acids is 2. The number of fused-ring (bicyclic) bond motifs is 1. The summed E-state index contributed by atoms with van der Waals surface area (Å²) >= 11 is 0. The highest BCUT2D eigenvalue weighted by molar-refractivity contribution is 5.96. The summed E-state index contributed by atoms with van der Waals surface area (Å²) in [5, 5.41) is 15.6. The Balaban J connectivity index is 0.000000387. The lowest BCUT2D eigenvalue weighted by molar-refractivity contribution is -0.134. The van der Waals surface area contributed by atoms with Crippen LogP contribution in [-0.2, 0) is 9.59 Å². The Morgan fingerprint density at radius 2 is 1.96 bits per heavy atom. The molecule has 9 heteroatoms. The van der Waals surface area contributed by atoms with Crippen molar-refractivity contribution in [3.05, 3.63) is 36.0 Å². The van der Waals surface area contributed by atoms with Gasteiger partial charge in [-0.1, -0.05) is 0 Å². The molecule has 2 rings (SSSR count). The van der Waals surface area contributed by atoms with Crippen molar-refractivity contribution in [1.82, 2.24) is 14.8 Å². The average molecular weight is 379 g/mol. The van der Waals surface area contributed by atoms with Crippen LogP contribution in [0.25, 0.3) is 0 Å². The summed E-state index contributed by atoms with van der Waals surface area (Å²) in [6.45, 7) is 4.23. The van der Waals surface area contributed by atoms with E-state index in [4.69, 9.17) is 14.9 Å². The molecular formula is C18H25N3O6. The Labute approximate surface area is 157 Å². The van der Waals surface area contributed by atoms with Crippen LogP contribution in [0, 0.1) is 0 Å². The van der Waals surface area contributed by atoms with Crippen molar-refractivity contribution in [2.75, 3.05) is 33.7 Å². The molecule has 2 heterocycles. The Bertz CT molecular complexity index is 673. The normalized spacial score (nSPS) is 16.2. The van der Waals surface area contributed by atoms with Gasteiger partial charge in [0, 0.05) is 31.4 Å². The van der Waals surface area contributed by atoms with E-state index in [0.29, 0.717) is 36.7 Å².